The van der Waals surface area contributed by atoms with Crippen molar-refractivity contribution in [3.63, 3.8) is 0 Å². The van der Waals surface area contributed by atoms with Gasteiger partial charge in [0.1, 0.15) is 22.7 Å². The van der Waals surface area contributed by atoms with E-state index in [4.69, 9.17) is 14.5 Å². The Bertz CT molecular complexity index is 1130. The zero-order chi connectivity index (χ0) is 24.0. The average Bonchev–Trinajstić information content (AvgIpc) is 3.16. The molecule has 186 valence electrons. The largest absolute Gasteiger partial charge is 0.354 e. The van der Waals surface area contributed by atoms with Crippen molar-refractivity contribution < 1.29 is 9.32 Å². The van der Waals surface area contributed by atoms with Crippen LogP contribution in [0.2, 0.25) is 0 Å². The number of nitrogens with one attached hydrogen (secondary N) is 1. The molecule has 2 fully saturated rings. The number of anilines is 1. The third-order valence-corrected chi connectivity index (χ3v) is 7.18. The number of hydrogen-bond donors (Lipinski definition) is 1. The average molecular weight is 477 g/mol. The van der Waals surface area contributed by atoms with Crippen LogP contribution in [0.1, 0.15) is 64.1 Å². The highest BCUT2D eigenvalue weighted by Gasteiger charge is 2.26. The van der Waals surface area contributed by atoms with Crippen molar-refractivity contribution in [3.05, 3.63) is 36.2 Å². The van der Waals surface area contributed by atoms with Gasteiger partial charge in [0.25, 0.3) is 5.71 Å². The second-order valence-electron chi connectivity index (χ2n) is 9.76. The fraction of sp³-hybridized carbons (Fsp3) is 0.556. The lowest BCUT2D eigenvalue weighted by Crippen LogP contribution is -2.46. The summed E-state index contributed by atoms with van der Waals surface area (Å²) >= 11 is 0. The molecule has 1 aromatic carbocycles. The van der Waals surface area contributed by atoms with E-state index in [0.717, 1.165) is 86.4 Å². The van der Waals surface area contributed by atoms with E-state index in [2.05, 4.69) is 22.3 Å². The first-order valence-corrected chi connectivity index (χ1v) is 13.2. The molecule has 3 heterocycles. The molecule has 0 atom stereocenters. The van der Waals surface area contributed by atoms with Gasteiger partial charge in [-0.25, -0.2) is 9.78 Å². The lowest BCUT2D eigenvalue weighted by molar-refractivity contribution is 0.193. The number of fused-ring (bicyclic) bond motifs is 1. The Hall–Kier alpha value is -3.16. The first-order chi connectivity index (χ1) is 17.2. The summed E-state index contributed by atoms with van der Waals surface area (Å²) in [5, 5.41) is 8.53. The quantitative estimate of drug-likeness (QED) is 0.527. The number of unbranched alkanes of at least 4 members (excludes halogenated alkanes) is 1. The van der Waals surface area contributed by atoms with Crippen LogP contribution >= 0.6 is 0 Å². The van der Waals surface area contributed by atoms with Gasteiger partial charge in [-0.3, -0.25) is 0 Å². The lowest BCUT2D eigenvalue weighted by Gasteiger charge is -2.28. The molecule has 1 saturated carbocycles. The Balaban J connectivity index is 1.40. The third kappa shape index (κ3) is 5.41. The standard InChI is InChI=1S/C27H36N6O2/c1-2-3-15-22-29-25(23-24(31-35-26(23)30-22)20-11-6-4-7-12-20)32-16-10-17-33(19-18-32)27(34)28-21-13-8-5-9-14-21/h4,6-7,11-12,21H,2-3,5,8-10,13-19H2,1H3,(H,28,34). The Morgan fingerprint density at radius 2 is 1.86 bits per heavy atom. The fourth-order valence-electron chi connectivity index (χ4n) is 5.19. The molecule has 1 aliphatic carbocycles. The topological polar surface area (TPSA) is 87.4 Å². The second-order valence-corrected chi connectivity index (χ2v) is 9.76. The van der Waals surface area contributed by atoms with Crippen LogP contribution in [-0.2, 0) is 6.42 Å². The number of urea groups is 1. The van der Waals surface area contributed by atoms with Gasteiger partial charge in [0.2, 0.25) is 0 Å². The number of aryl methyl sites for hydroxylation is 1. The minimum atomic E-state index is 0.0742. The SMILES string of the molecule is CCCCc1nc(N2CCCN(C(=O)NC3CCCCC3)CC2)c2c(-c3ccccc3)noc2n1. The van der Waals surface area contributed by atoms with E-state index in [0.29, 0.717) is 18.3 Å². The van der Waals surface area contributed by atoms with Crippen molar-refractivity contribution in [2.45, 2.75) is 70.8 Å². The molecule has 1 N–H and O–H groups in total. The molecule has 0 spiro atoms. The van der Waals surface area contributed by atoms with Crippen molar-refractivity contribution >= 4 is 22.9 Å². The van der Waals surface area contributed by atoms with Gasteiger partial charge >= 0.3 is 6.03 Å². The minimum absolute atomic E-state index is 0.0742. The molecule has 2 amide bonds. The maximum Gasteiger partial charge on any atom is 0.317 e. The van der Waals surface area contributed by atoms with E-state index < -0.39 is 0 Å². The van der Waals surface area contributed by atoms with Crippen molar-refractivity contribution in [2.24, 2.45) is 0 Å². The first-order valence-electron chi connectivity index (χ1n) is 13.2. The summed E-state index contributed by atoms with van der Waals surface area (Å²) < 4.78 is 5.73. The van der Waals surface area contributed by atoms with Crippen molar-refractivity contribution in [2.75, 3.05) is 31.1 Å². The molecule has 0 unspecified atom stereocenters. The number of hydrogen-bond acceptors (Lipinski definition) is 6. The number of benzene rings is 1. The summed E-state index contributed by atoms with van der Waals surface area (Å²) in [4.78, 5) is 27.0. The number of nitrogens with zero attached hydrogens (tertiary/aromatic N) is 5. The van der Waals surface area contributed by atoms with Gasteiger partial charge in [-0.15, -0.1) is 0 Å². The predicted molar refractivity (Wildman–Crippen MR) is 137 cm³/mol. The molecule has 1 aliphatic heterocycles. The molecule has 0 bridgehead atoms. The van der Waals surface area contributed by atoms with Crippen LogP contribution in [0.3, 0.4) is 0 Å². The number of carbonyl (C=O) groups is 1. The molecular weight excluding hydrogens is 440 g/mol. The monoisotopic (exact) mass is 476 g/mol. The summed E-state index contributed by atoms with van der Waals surface area (Å²) in [7, 11) is 0. The zero-order valence-corrected chi connectivity index (χ0v) is 20.7. The Morgan fingerprint density at radius 1 is 1.03 bits per heavy atom. The highest BCUT2D eigenvalue weighted by molar-refractivity contribution is 5.98. The maximum atomic E-state index is 13.0. The molecule has 0 radical (unpaired) electrons. The van der Waals surface area contributed by atoms with Crippen LogP contribution in [0.4, 0.5) is 10.6 Å². The Labute approximate surface area is 207 Å². The molecule has 2 aliphatic rings. The van der Waals surface area contributed by atoms with E-state index in [1.54, 1.807) is 0 Å². The van der Waals surface area contributed by atoms with E-state index in [9.17, 15) is 4.79 Å². The van der Waals surface area contributed by atoms with Gasteiger partial charge in [0.15, 0.2) is 0 Å². The second kappa shape index (κ2) is 11.1. The fourth-order valence-corrected chi connectivity index (χ4v) is 5.19. The predicted octanol–water partition coefficient (Wildman–Crippen LogP) is 5.18. The molecule has 8 nitrogen and oxygen atoms in total. The van der Waals surface area contributed by atoms with Crippen LogP contribution < -0.4 is 10.2 Å². The van der Waals surface area contributed by atoms with Gasteiger partial charge in [0, 0.05) is 44.2 Å². The highest BCUT2D eigenvalue weighted by Crippen LogP contribution is 2.34. The van der Waals surface area contributed by atoms with E-state index in [1.807, 2.05) is 35.2 Å². The van der Waals surface area contributed by atoms with Crippen LogP contribution in [0.25, 0.3) is 22.4 Å². The van der Waals surface area contributed by atoms with Crippen LogP contribution in [0, 0.1) is 0 Å². The van der Waals surface area contributed by atoms with Gasteiger partial charge in [-0.05, 0) is 25.7 Å². The minimum Gasteiger partial charge on any atom is -0.354 e. The number of rotatable bonds is 6. The summed E-state index contributed by atoms with van der Waals surface area (Å²) in [6.45, 7) is 5.13. The summed E-state index contributed by atoms with van der Waals surface area (Å²) in [5.74, 6) is 1.66. The van der Waals surface area contributed by atoms with Crippen molar-refractivity contribution in [1.29, 1.82) is 0 Å². The Kier molecular flexibility index (Phi) is 7.45. The van der Waals surface area contributed by atoms with E-state index >= 15 is 0 Å². The summed E-state index contributed by atoms with van der Waals surface area (Å²) in [5.41, 5.74) is 2.30. The van der Waals surface area contributed by atoms with Gasteiger partial charge in [0.05, 0.1) is 0 Å². The first kappa shape index (κ1) is 23.6. The molecule has 8 heteroatoms. The van der Waals surface area contributed by atoms with Crippen molar-refractivity contribution in [1.82, 2.24) is 25.3 Å². The zero-order valence-electron chi connectivity index (χ0n) is 20.7. The molecular formula is C27H36N6O2. The van der Waals surface area contributed by atoms with Gasteiger partial charge in [-0.2, -0.15) is 4.98 Å². The van der Waals surface area contributed by atoms with Crippen LogP contribution in [0.5, 0.6) is 0 Å². The lowest BCUT2D eigenvalue weighted by atomic mass is 9.96. The highest BCUT2D eigenvalue weighted by atomic mass is 16.5. The molecule has 35 heavy (non-hydrogen) atoms. The van der Waals surface area contributed by atoms with Crippen molar-refractivity contribution in [3.8, 4) is 11.3 Å². The van der Waals surface area contributed by atoms with Gasteiger partial charge < -0.3 is 19.6 Å². The number of amides is 2. The smallest absolute Gasteiger partial charge is 0.317 e. The van der Waals surface area contributed by atoms with E-state index in [1.165, 1.54) is 19.3 Å². The third-order valence-electron chi connectivity index (χ3n) is 7.18. The molecule has 1 saturated heterocycles. The van der Waals surface area contributed by atoms with Crippen LogP contribution in [-0.4, -0.2) is 58.3 Å². The number of carbonyl (C=O) groups excluding carboxylic acids is 1. The normalized spacial score (nSPS) is 17.5. The molecule has 5 rings (SSSR count). The Morgan fingerprint density at radius 3 is 2.66 bits per heavy atom. The van der Waals surface area contributed by atoms with Crippen LogP contribution in [0.15, 0.2) is 34.9 Å². The molecule has 3 aromatic rings. The summed E-state index contributed by atoms with van der Waals surface area (Å²) in [6, 6.07) is 10.5. The maximum absolute atomic E-state index is 13.0. The van der Waals surface area contributed by atoms with E-state index in [-0.39, 0.29) is 6.03 Å². The summed E-state index contributed by atoms with van der Waals surface area (Å²) in [6.07, 6.45) is 9.71. The van der Waals surface area contributed by atoms with Gasteiger partial charge in [-0.1, -0.05) is 68.1 Å². The molecule has 2 aromatic heterocycles. The number of aromatic nitrogens is 3.